The van der Waals surface area contributed by atoms with Crippen LogP contribution in [0.3, 0.4) is 0 Å². The second-order valence-corrected chi connectivity index (χ2v) is 3.74. The van der Waals surface area contributed by atoms with Gasteiger partial charge in [0.05, 0.1) is 0 Å². The van der Waals surface area contributed by atoms with Crippen LogP contribution in [0.25, 0.3) is 11.1 Å². The van der Waals surface area contributed by atoms with Crippen LogP contribution in [-0.4, -0.2) is 22.2 Å². The van der Waals surface area contributed by atoms with Crippen molar-refractivity contribution in [3.8, 4) is 11.1 Å². The topological polar surface area (TPSA) is 53.4 Å². The molecular formula is C12H12BNO2. The molecule has 0 aliphatic rings. The van der Waals surface area contributed by atoms with Gasteiger partial charge in [0, 0.05) is 12.4 Å². The Balaban J connectivity index is 2.50. The van der Waals surface area contributed by atoms with Gasteiger partial charge in [-0.3, -0.25) is 4.98 Å². The Morgan fingerprint density at radius 3 is 2.31 bits per heavy atom. The summed E-state index contributed by atoms with van der Waals surface area (Å²) in [6.07, 6.45) is 3.43. The van der Waals surface area contributed by atoms with Crippen molar-refractivity contribution in [2.75, 3.05) is 0 Å². The van der Waals surface area contributed by atoms with Gasteiger partial charge in [-0.05, 0) is 35.6 Å². The van der Waals surface area contributed by atoms with Crippen molar-refractivity contribution in [3.05, 3.63) is 48.3 Å². The molecule has 0 amide bonds. The summed E-state index contributed by atoms with van der Waals surface area (Å²) in [6, 6.07) is 9.31. The third-order valence-corrected chi connectivity index (χ3v) is 2.41. The second-order valence-electron chi connectivity index (χ2n) is 3.74. The van der Waals surface area contributed by atoms with Gasteiger partial charge >= 0.3 is 7.12 Å². The Kier molecular flexibility index (Phi) is 3.03. The molecule has 0 aliphatic carbocycles. The average molecular weight is 213 g/mol. The predicted molar refractivity (Wildman–Crippen MR) is 64.2 cm³/mol. The summed E-state index contributed by atoms with van der Waals surface area (Å²) in [7, 11) is -1.43. The Labute approximate surface area is 94.6 Å². The average Bonchev–Trinajstić information content (AvgIpc) is 2.29. The molecule has 0 radical (unpaired) electrons. The van der Waals surface area contributed by atoms with Crippen molar-refractivity contribution in [3.63, 3.8) is 0 Å². The summed E-state index contributed by atoms with van der Waals surface area (Å²) in [5.74, 6) is 0. The zero-order valence-corrected chi connectivity index (χ0v) is 8.96. The maximum Gasteiger partial charge on any atom is 0.488 e. The first-order chi connectivity index (χ1) is 7.66. The largest absolute Gasteiger partial charge is 0.488 e. The monoisotopic (exact) mass is 213 g/mol. The fourth-order valence-electron chi connectivity index (χ4n) is 1.67. The van der Waals surface area contributed by atoms with E-state index in [0.29, 0.717) is 5.46 Å². The van der Waals surface area contributed by atoms with Crippen molar-refractivity contribution < 1.29 is 10.0 Å². The number of benzene rings is 1. The van der Waals surface area contributed by atoms with Gasteiger partial charge in [-0.1, -0.05) is 23.8 Å². The fourth-order valence-corrected chi connectivity index (χ4v) is 1.67. The van der Waals surface area contributed by atoms with E-state index in [4.69, 9.17) is 10.0 Å². The molecule has 0 bridgehead atoms. The molecule has 0 aliphatic heterocycles. The van der Waals surface area contributed by atoms with Crippen LogP contribution in [0.2, 0.25) is 0 Å². The standard InChI is InChI=1S/C12H12BNO2/c1-9-6-11(8-12(7-9)13(15)16)10-2-4-14-5-3-10/h2-8,15-16H,1H3. The van der Waals surface area contributed by atoms with Crippen molar-refractivity contribution in [2.45, 2.75) is 6.92 Å². The van der Waals surface area contributed by atoms with E-state index in [1.54, 1.807) is 24.5 Å². The summed E-state index contributed by atoms with van der Waals surface area (Å²) in [4.78, 5) is 3.95. The summed E-state index contributed by atoms with van der Waals surface area (Å²) in [5.41, 5.74) is 3.48. The molecular weight excluding hydrogens is 201 g/mol. The van der Waals surface area contributed by atoms with E-state index in [9.17, 15) is 0 Å². The fraction of sp³-hybridized carbons (Fsp3) is 0.0833. The maximum atomic E-state index is 9.16. The van der Waals surface area contributed by atoms with Crippen LogP contribution in [0.1, 0.15) is 5.56 Å². The van der Waals surface area contributed by atoms with Crippen LogP contribution in [0.15, 0.2) is 42.7 Å². The minimum Gasteiger partial charge on any atom is -0.423 e. The van der Waals surface area contributed by atoms with Crippen LogP contribution in [-0.2, 0) is 0 Å². The van der Waals surface area contributed by atoms with E-state index >= 15 is 0 Å². The van der Waals surface area contributed by atoms with Crippen molar-refractivity contribution in [1.29, 1.82) is 0 Å². The highest BCUT2D eigenvalue weighted by molar-refractivity contribution is 6.58. The van der Waals surface area contributed by atoms with Gasteiger partial charge < -0.3 is 10.0 Å². The lowest BCUT2D eigenvalue weighted by molar-refractivity contribution is 0.426. The minimum absolute atomic E-state index is 0.506. The highest BCUT2D eigenvalue weighted by atomic mass is 16.4. The number of nitrogens with zero attached hydrogens (tertiary/aromatic N) is 1. The molecule has 0 fully saturated rings. The number of pyridine rings is 1. The first-order valence-electron chi connectivity index (χ1n) is 5.05. The molecule has 16 heavy (non-hydrogen) atoms. The number of hydrogen-bond acceptors (Lipinski definition) is 3. The summed E-state index contributed by atoms with van der Waals surface area (Å²) in [5, 5.41) is 18.3. The van der Waals surface area contributed by atoms with E-state index in [2.05, 4.69) is 4.98 Å². The van der Waals surface area contributed by atoms with E-state index < -0.39 is 7.12 Å². The van der Waals surface area contributed by atoms with Gasteiger partial charge in [-0.25, -0.2) is 0 Å². The van der Waals surface area contributed by atoms with Gasteiger partial charge in [0.25, 0.3) is 0 Å². The Morgan fingerprint density at radius 1 is 1.00 bits per heavy atom. The first-order valence-corrected chi connectivity index (χ1v) is 5.05. The molecule has 2 rings (SSSR count). The number of aryl methyl sites for hydroxylation is 1. The Bertz CT molecular complexity index is 486. The molecule has 3 nitrogen and oxygen atoms in total. The van der Waals surface area contributed by atoms with Crippen LogP contribution in [0, 0.1) is 6.92 Å². The van der Waals surface area contributed by atoms with E-state index in [0.717, 1.165) is 16.7 Å². The van der Waals surface area contributed by atoms with Gasteiger partial charge in [-0.2, -0.15) is 0 Å². The molecule has 80 valence electrons. The molecule has 4 heteroatoms. The van der Waals surface area contributed by atoms with Crippen molar-refractivity contribution in [1.82, 2.24) is 4.98 Å². The molecule has 0 saturated carbocycles. The first kappa shape index (κ1) is 10.9. The molecule has 0 spiro atoms. The van der Waals surface area contributed by atoms with Gasteiger partial charge in [0.15, 0.2) is 0 Å². The molecule has 1 heterocycles. The lowest BCUT2D eigenvalue weighted by Gasteiger charge is -2.07. The molecule has 2 N–H and O–H groups in total. The smallest absolute Gasteiger partial charge is 0.423 e. The molecule has 1 aromatic heterocycles. The van der Waals surface area contributed by atoms with Gasteiger partial charge in [0.1, 0.15) is 0 Å². The normalized spacial score (nSPS) is 10.2. The Morgan fingerprint density at radius 2 is 1.69 bits per heavy atom. The molecule has 0 unspecified atom stereocenters. The van der Waals surface area contributed by atoms with Gasteiger partial charge in [-0.15, -0.1) is 0 Å². The van der Waals surface area contributed by atoms with E-state index in [1.165, 1.54) is 0 Å². The van der Waals surface area contributed by atoms with Crippen molar-refractivity contribution in [2.24, 2.45) is 0 Å². The molecule has 2 aromatic rings. The summed E-state index contributed by atoms with van der Waals surface area (Å²) in [6.45, 7) is 1.93. The number of rotatable bonds is 2. The molecule has 0 atom stereocenters. The third kappa shape index (κ3) is 2.29. The quantitative estimate of drug-likeness (QED) is 0.723. The van der Waals surface area contributed by atoms with E-state index in [1.807, 2.05) is 25.1 Å². The molecule has 1 aromatic carbocycles. The number of aromatic nitrogens is 1. The maximum absolute atomic E-state index is 9.16. The van der Waals surface area contributed by atoms with Crippen LogP contribution >= 0.6 is 0 Å². The van der Waals surface area contributed by atoms with Crippen LogP contribution in [0.5, 0.6) is 0 Å². The van der Waals surface area contributed by atoms with Gasteiger partial charge in [0.2, 0.25) is 0 Å². The van der Waals surface area contributed by atoms with Crippen molar-refractivity contribution >= 4 is 12.6 Å². The summed E-state index contributed by atoms with van der Waals surface area (Å²) >= 11 is 0. The highest BCUT2D eigenvalue weighted by Gasteiger charge is 2.12. The van der Waals surface area contributed by atoms with E-state index in [-0.39, 0.29) is 0 Å². The predicted octanol–water partition coefficient (Wildman–Crippen LogP) is 0.737. The molecule has 0 saturated heterocycles. The minimum atomic E-state index is -1.43. The lowest BCUT2D eigenvalue weighted by atomic mass is 9.78. The Hall–Kier alpha value is -1.65. The summed E-state index contributed by atoms with van der Waals surface area (Å²) < 4.78 is 0. The number of hydrogen-bond donors (Lipinski definition) is 2. The lowest BCUT2D eigenvalue weighted by Crippen LogP contribution is -2.30. The van der Waals surface area contributed by atoms with Crippen LogP contribution < -0.4 is 5.46 Å². The second kappa shape index (κ2) is 4.47. The highest BCUT2D eigenvalue weighted by Crippen LogP contribution is 2.18. The SMILES string of the molecule is Cc1cc(B(O)O)cc(-c2ccncc2)c1. The third-order valence-electron chi connectivity index (χ3n) is 2.41. The van der Waals surface area contributed by atoms with Crippen LogP contribution in [0.4, 0.5) is 0 Å². The zero-order valence-electron chi connectivity index (χ0n) is 8.96. The zero-order chi connectivity index (χ0) is 11.5.